The summed E-state index contributed by atoms with van der Waals surface area (Å²) in [7, 11) is 0. The Labute approximate surface area is 123 Å². The molecule has 0 aliphatic heterocycles. The highest BCUT2D eigenvalue weighted by Crippen LogP contribution is 2.23. The van der Waals surface area contributed by atoms with Gasteiger partial charge >= 0.3 is 12.0 Å². The average Bonchev–Trinajstić information content (AvgIpc) is 2.90. The van der Waals surface area contributed by atoms with E-state index in [0.29, 0.717) is 11.6 Å². The number of hydrogen-bond donors (Lipinski definition) is 4. The maximum atomic E-state index is 11.9. The zero-order valence-electron chi connectivity index (χ0n) is 12.1. The van der Waals surface area contributed by atoms with Gasteiger partial charge in [-0.05, 0) is 18.8 Å². The molecule has 7 nitrogen and oxygen atoms in total. The molecule has 2 amide bonds. The zero-order valence-corrected chi connectivity index (χ0v) is 12.1. The number of aliphatic carboxylic acids is 1. The highest BCUT2D eigenvalue weighted by atomic mass is 16.4. The molecule has 1 aromatic heterocycles. The number of rotatable bonds is 5. The van der Waals surface area contributed by atoms with Crippen molar-refractivity contribution in [3.63, 3.8) is 0 Å². The minimum atomic E-state index is -1.06. The Morgan fingerprint density at radius 3 is 2.95 bits per heavy atom. The van der Waals surface area contributed by atoms with Crippen molar-refractivity contribution >= 4 is 12.0 Å². The largest absolute Gasteiger partial charge is 0.480 e. The molecular formula is C14H22N4O3. The Bertz CT molecular complexity index is 475. The lowest BCUT2D eigenvalue weighted by Gasteiger charge is -2.28. The topological polar surface area (TPSA) is 107 Å². The van der Waals surface area contributed by atoms with E-state index in [4.69, 9.17) is 0 Å². The number of nitrogens with zero attached hydrogens (tertiary/aromatic N) is 1. The first kappa shape index (κ1) is 15.3. The van der Waals surface area contributed by atoms with E-state index in [2.05, 4.69) is 27.5 Å². The number of amides is 2. The second kappa shape index (κ2) is 7.10. The molecule has 4 N–H and O–H groups in total. The lowest BCUT2D eigenvalue weighted by Crippen LogP contribution is -2.50. The number of urea groups is 1. The summed E-state index contributed by atoms with van der Waals surface area (Å²) in [6, 6.07) is -1.25. The number of nitrogens with one attached hydrogen (secondary N) is 3. The Morgan fingerprint density at radius 1 is 1.52 bits per heavy atom. The number of carboxylic acids is 1. The molecule has 2 unspecified atom stereocenters. The van der Waals surface area contributed by atoms with Gasteiger partial charge < -0.3 is 20.7 Å². The highest BCUT2D eigenvalue weighted by Gasteiger charge is 2.24. The molecule has 1 aromatic rings. The number of carbonyl (C=O) groups is 2. The van der Waals surface area contributed by atoms with Gasteiger partial charge in [0, 0.05) is 24.4 Å². The quantitative estimate of drug-likeness (QED) is 0.656. The van der Waals surface area contributed by atoms with Gasteiger partial charge in [-0.15, -0.1) is 0 Å². The lowest BCUT2D eigenvalue weighted by molar-refractivity contribution is -0.139. The first-order valence-corrected chi connectivity index (χ1v) is 7.31. The van der Waals surface area contributed by atoms with Crippen LogP contribution in [0.2, 0.25) is 0 Å². The van der Waals surface area contributed by atoms with Gasteiger partial charge in [-0.3, -0.25) is 0 Å². The molecule has 0 aromatic carbocycles. The van der Waals surface area contributed by atoms with E-state index in [-0.39, 0.29) is 12.5 Å². The summed E-state index contributed by atoms with van der Waals surface area (Å²) in [6.45, 7) is 2.17. The predicted molar refractivity (Wildman–Crippen MR) is 76.8 cm³/mol. The van der Waals surface area contributed by atoms with E-state index in [1.54, 1.807) is 6.20 Å². The van der Waals surface area contributed by atoms with E-state index in [1.807, 2.05) is 0 Å². The summed E-state index contributed by atoms with van der Waals surface area (Å²) in [5, 5.41) is 14.6. The van der Waals surface area contributed by atoms with Gasteiger partial charge in [-0.2, -0.15) is 0 Å². The number of aromatic amines is 1. The van der Waals surface area contributed by atoms with E-state index in [1.165, 1.54) is 12.7 Å². The summed E-state index contributed by atoms with van der Waals surface area (Å²) in [5.74, 6) is -0.457. The normalized spacial score (nSPS) is 23.3. The van der Waals surface area contributed by atoms with E-state index in [0.717, 1.165) is 19.3 Å². The van der Waals surface area contributed by atoms with Crippen LogP contribution >= 0.6 is 0 Å². The van der Waals surface area contributed by atoms with Crippen LogP contribution in [0.15, 0.2) is 12.5 Å². The van der Waals surface area contributed by atoms with Crippen LogP contribution in [0.3, 0.4) is 0 Å². The van der Waals surface area contributed by atoms with Gasteiger partial charge in [-0.25, -0.2) is 14.6 Å². The van der Waals surface area contributed by atoms with Crippen LogP contribution in [0, 0.1) is 5.92 Å². The molecule has 2 rings (SSSR count). The molecule has 0 spiro atoms. The van der Waals surface area contributed by atoms with E-state index >= 15 is 0 Å². The van der Waals surface area contributed by atoms with Gasteiger partial charge in [0.1, 0.15) is 6.04 Å². The maximum absolute atomic E-state index is 11.9. The monoisotopic (exact) mass is 294 g/mol. The third kappa shape index (κ3) is 4.77. The van der Waals surface area contributed by atoms with Crippen molar-refractivity contribution in [1.29, 1.82) is 0 Å². The highest BCUT2D eigenvalue weighted by molar-refractivity contribution is 5.82. The van der Waals surface area contributed by atoms with Gasteiger partial charge in [-0.1, -0.05) is 19.8 Å². The molecule has 0 radical (unpaired) electrons. The molecule has 0 saturated heterocycles. The third-order valence-electron chi connectivity index (χ3n) is 3.85. The fourth-order valence-corrected chi connectivity index (χ4v) is 2.77. The van der Waals surface area contributed by atoms with Crippen LogP contribution in [0.4, 0.5) is 4.79 Å². The molecular weight excluding hydrogens is 272 g/mol. The summed E-state index contributed by atoms with van der Waals surface area (Å²) in [5.41, 5.74) is 0.675. The van der Waals surface area contributed by atoms with Crippen molar-refractivity contribution in [2.45, 2.75) is 51.1 Å². The molecule has 7 heteroatoms. The minimum Gasteiger partial charge on any atom is -0.480 e. The van der Waals surface area contributed by atoms with Gasteiger partial charge in [0.25, 0.3) is 0 Å². The van der Waals surface area contributed by atoms with Crippen LogP contribution in [0.1, 0.15) is 38.3 Å². The van der Waals surface area contributed by atoms with Crippen LogP contribution < -0.4 is 10.6 Å². The van der Waals surface area contributed by atoms with Crippen molar-refractivity contribution in [3.8, 4) is 0 Å². The second-order valence-electron chi connectivity index (χ2n) is 5.76. The number of carbonyl (C=O) groups excluding carboxylic acids is 1. The zero-order chi connectivity index (χ0) is 15.2. The summed E-state index contributed by atoms with van der Waals surface area (Å²) >= 11 is 0. The molecule has 3 atom stereocenters. The molecule has 21 heavy (non-hydrogen) atoms. The number of hydrogen-bond acceptors (Lipinski definition) is 3. The Hall–Kier alpha value is -2.05. The van der Waals surface area contributed by atoms with Crippen molar-refractivity contribution in [2.24, 2.45) is 5.92 Å². The van der Waals surface area contributed by atoms with E-state index in [9.17, 15) is 14.7 Å². The third-order valence-corrected chi connectivity index (χ3v) is 3.85. The molecule has 116 valence electrons. The molecule has 1 fully saturated rings. The SMILES string of the molecule is CC1CCCC(NC(=O)N[C@@H](Cc2cnc[nH]2)C(=O)O)C1. The first-order valence-electron chi connectivity index (χ1n) is 7.31. The molecule has 1 saturated carbocycles. The average molecular weight is 294 g/mol. The van der Waals surface area contributed by atoms with Gasteiger partial charge in [0.05, 0.1) is 6.33 Å². The van der Waals surface area contributed by atoms with Crippen LogP contribution in [-0.4, -0.2) is 39.2 Å². The Kier molecular flexibility index (Phi) is 5.19. The smallest absolute Gasteiger partial charge is 0.326 e. The van der Waals surface area contributed by atoms with E-state index < -0.39 is 18.0 Å². The summed E-state index contributed by atoms with van der Waals surface area (Å²) in [4.78, 5) is 29.9. The van der Waals surface area contributed by atoms with Crippen LogP contribution in [0.25, 0.3) is 0 Å². The van der Waals surface area contributed by atoms with Crippen molar-refractivity contribution in [2.75, 3.05) is 0 Å². The standard InChI is InChI=1S/C14H22N4O3/c1-9-3-2-4-10(5-9)17-14(21)18-12(13(19)20)6-11-7-15-8-16-11/h7-10,12H,2-6H2,1H3,(H,15,16)(H,19,20)(H2,17,18,21)/t9?,10?,12-/m0/s1. The molecule has 1 aliphatic carbocycles. The first-order chi connectivity index (χ1) is 10.0. The lowest BCUT2D eigenvalue weighted by atomic mass is 9.87. The van der Waals surface area contributed by atoms with Crippen molar-refractivity contribution in [3.05, 3.63) is 18.2 Å². The number of aromatic nitrogens is 2. The fourth-order valence-electron chi connectivity index (χ4n) is 2.77. The molecule has 1 heterocycles. The van der Waals surface area contributed by atoms with Crippen molar-refractivity contribution in [1.82, 2.24) is 20.6 Å². The molecule has 0 bridgehead atoms. The number of H-pyrrole nitrogens is 1. The van der Waals surface area contributed by atoms with Crippen LogP contribution in [-0.2, 0) is 11.2 Å². The van der Waals surface area contributed by atoms with Gasteiger partial charge in [0.15, 0.2) is 0 Å². The summed E-state index contributed by atoms with van der Waals surface area (Å²) in [6.07, 6.45) is 7.42. The van der Waals surface area contributed by atoms with Gasteiger partial charge in [0.2, 0.25) is 0 Å². The minimum absolute atomic E-state index is 0.135. The molecule has 1 aliphatic rings. The van der Waals surface area contributed by atoms with Crippen molar-refractivity contribution < 1.29 is 14.7 Å². The second-order valence-corrected chi connectivity index (χ2v) is 5.76. The Morgan fingerprint density at radius 2 is 2.33 bits per heavy atom. The fraction of sp³-hybridized carbons (Fsp3) is 0.643. The predicted octanol–water partition coefficient (Wildman–Crippen LogP) is 1.28. The number of imidazole rings is 1. The maximum Gasteiger partial charge on any atom is 0.326 e. The van der Waals surface area contributed by atoms with Crippen LogP contribution in [0.5, 0.6) is 0 Å². The number of carboxylic acid groups (broad SMARTS) is 1. The summed E-state index contributed by atoms with van der Waals surface area (Å²) < 4.78 is 0. The Balaban J connectivity index is 1.84.